The molecule has 0 nitrogen and oxygen atoms in total. The van der Waals surface area contributed by atoms with E-state index in [1.165, 1.54) is 25.7 Å². The number of hydrogen-bond acceptors (Lipinski definition) is 2. The Morgan fingerprint density at radius 2 is 1.10 bits per heavy atom. The molecule has 1 rings (SSSR count). The summed E-state index contributed by atoms with van der Waals surface area (Å²) in [5.74, 6) is 3.97. The number of thiol groups is 2. The molecule has 0 aliphatic heterocycles. The molecule has 0 radical (unpaired) electrons. The quantitative estimate of drug-likeness (QED) is 0.594. The highest BCUT2D eigenvalue weighted by Crippen LogP contribution is 2.29. The highest BCUT2D eigenvalue weighted by Gasteiger charge is 2.18. The maximum absolute atomic E-state index is 4.30. The van der Waals surface area contributed by atoms with E-state index < -0.39 is 0 Å². The van der Waals surface area contributed by atoms with Gasteiger partial charge in [0, 0.05) is 0 Å². The van der Waals surface area contributed by atoms with Crippen LogP contribution in [0.15, 0.2) is 0 Å². The van der Waals surface area contributed by atoms with Crippen LogP contribution in [-0.4, -0.2) is 11.5 Å². The van der Waals surface area contributed by atoms with Crippen LogP contribution in [0.5, 0.6) is 0 Å². The van der Waals surface area contributed by atoms with Crippen LogP contribution in [0.3, 0.4) is 0 Å². The van der Waals surface area contributed by atoms with Crippen molar-refractivity contribution in [3.8, 4) is 0 Å². The van der Waals surface area contributed by atoms with E-state index in [-0.39, 0.29) is 0 Å². The topological polar surface area (TPSA) is 0 Å². The van der Waals surface area contributed by atoms with E-state index in [1.807, 2.05) is 0 Å². The second-order valence-corrected chi connectivity index (χ2v) is 3.98. The average Bonchev–Trinajstić information content (AvgIpc) is 2.05. The van der Waals surface area contributed by atoms with Gasteiger partial charge in [-0.3, -0.25) is 0 Å². The first-order chi connectivity index (χ1) is 4.86. The fourth-order valence-corrected chi connectivity index (χ4v) is 2.33. The smallest absolute Gasteiger partial charge is 0.00695 e. The zero-order chi connectivity index (χ0) is 7.40. The number of hydrogen-bond donors (Lipinski definition) is 2. The van der Waals surface area contributed by atoms with E-state index in [0.717, 1.165) is 23.3 Å². The molecule has 0 N–H and O–H groups in total. The van der Waals surface area contributed by atoms with Crippen LogP contribution in [0.25, 0.3) is 0 Å². The summed E-state index contributed by atoms with van der Waals surface area (Å²) in [7, 11) is 0. The van der Waals surface area contributed by atoms with Crippen molar-refractivity contribution < 1.29 is 0 Å². The number of rotatable bonds is 2. The molecule has 2 heteroatoms. The molecule has 1 saturated carbocycles. The van der Waals surface area contributed by atoms with Gasteiger partial charge in [0.05, 0.1) is 0 Å². The predicted octanol–water partition coefficient (Wildman–Crippen LogP) is 2.65. The maximum atomic E-state index is 4.30. The van der Waals surface area contributed by atoms with Crippen molar-refractivity contribution in [1.29, 1.82) is 0 Å². The second kappa shape index (κ2) is 4.55. The van der Waals surface area contributed by atoms with E-state index in [4.69, 9.17) is 0 Å². The molecular formula is C8H16S2. The van der Waals surface area contributed by atoms with Gasteiger partial charge >= 0.3 is 0 Å². The molecule has 60 valence electrons. The Hall–Kier alpha value is 0.700. The minimum Gasteiger partial charge on any atom is -0.179 e. The molecule has 0 spiro atoms. The predicted molar refractivity (Wildman–Crippen MR) is 53.2 cm³/mol. The molecule has 0 atom stereocenters. The van der Waals surface area contributed by atoms with Crippen molar-refractivity contribution >= 4 is 25.3 Å². The minimum atomic E-state index is 0.902. The third-order valence-electron chi connectivity index (χ3n) is 2.48. The molecule has 0 aromatic rings. The third kappa shape index (κ3) is 2.39. The summed E-state index contributed by atoms with van der Waals surface area (Å²) in [6.45, 7) is 0. The van der Waals surface area contributed by atoms with Gasteiger partial charge < -0.3 is 0 Å². The highest BCUT2D eigenvalue weighted by molar-refractivity contribution is 7.80. The van der Waals surface area contributed by atoms with E-state index >= 15 is 0 Å². The minimum absolute atomic E-state index is 0.902. The highest BCUT2D eigenvalue weighted by atomic mass is 32.1. The SMILES string of the molecule is SCC1CCC(CS)CC1. The van der Waals surface area contributed by atoms with E-state index in [9.17, 15) is 0 Å². The van der Waals surface area contributed by atoms with Gasteiger partial charge in [0.2, 0.25) is 0 Å². The summed E-state index contributed by atoms with van der Waals surface area (Å²) in [5, 5.41) is 0. The lowest BCUT2D eigenvalue weighted by Gasteiger charge is -2.25. The van der Waals surface area contributed by atoms with Gasteiger partial charge in [-0.2, -0.15) is 25.3 Å². The van der Waals surface area contributed by atoms with Crippen LogP contribution in [0.1, 0.15) is 25.7 Å². The first kappa shape index (κ1) is 8.79. The largest absolute Gasteiger partial charge is 0.179 e. The standard InChI is InChI=1S/C8H16S2/c9-5-7-1-2-8(6-10)4-3-7/h7-10H,1-6H2. The average molecular weight is 176 g/mol. The second-order valence-electron chi connectivity index (χ2n) is 3.25. The first-order valence-corrected chi connectivity index (χ1v) is 5.35. The van der Waals surface area contributed by atoms with E-state index in [2.05, 4.69) is 25.3 Å². The lowest BCUT2D eigenvalue weighted by atomic mass is 9.84. The summed E-state index contributed by atoms with van der Waals surface area (Å²) in [4.78, 5) is 0. The fourth-order valence-electron chi connectivity index (χ4n) is 1.60. The Balaban J connectivity index is 2.17. The van der Waals surface area contributed by atoms with Crippen LogP contribution in [0.2, 0.25) is 0 Å². The van der Waals surface area contributed by atoms with Gasteiger partial charge in [-0.1, -0.05) is 0 Å². The molecule has 1 aliphatic carbocycles. The van der Waals surface area contributed by atoms with Crippen molar-refractivity contribution in [1.82, 2.24) is 0 Å². The maximum Gasteiger partial charge on any atom is -0.00695 e. The summed E-state index contributed by atoms with van der Waals surface area (Å²) in [5.41, 5.74) is 0. The third-order valence-corrected chi connectivity index (χ3v) is 3.52. The van der Waals surface area contributed by atoms with Crippen molar-refractivity contribution in [2.75, 3.05) is 11.5 Å². The van der Waals surface area contributed by atoms with Gasteiger partial charge in [-0.15, -0.1) is 0 Å². The molecule has 0 saturated heterocycles. The van der Waals surface area contributed by atoms with E-state index in [1.54, 1.807) is 0 Å². The summed E-state index contributed by atoms with van der Waals surface area (Å²) in [6, 6.07) is 0. The van der Waals surface area contributed by atoms with Gasteiger partial charge in [-0.25, -0.2) is 0 Å². The van der Waals surface area contributed by atoms with E-state index in [0.29, 0.717) is 0 Å². The van der Waals surface area contributed by atoms with Crippen molar-refractivity contribution in [2.24, 2.45) is 11.8 Å². The molecule has 0 unspecified atom stereocenters. The molecule has 10 heavy (non-hydrogen) atoms. The monoisotopic (exact) mass is 176 g/mol. The van der Waals surface area contributed by atoms with Crippen LogP contribution in [0.4, 0.5) is 0 Å². The molecule has 0 heterocycles. The molecular weight excluding hydrogens is 160 g/mol. The summed E-state index contributed by atoms with van der Waals surface area (Å²) >= 11 is 8.61. The summed E-state index contributed by atoms with van der Waals surface area (Å²) in [6.07, 6.45) is 5.53. The zero-order valence-electron chi connectivity index (χ0n) is 6.29. The molecule has 1 fully saturated rings. The van der Waals surface area contributed by atoms with Crippen LogP contribution in [-0.2, 0) is 0 Å². The van der Waals surface area contributed by atoms with Gasteiger partial charge in [-0.05, 0) is 49.0 Å². The van der Waals surface area contributed by atoms with Crippen LogP contribution in [0, 0.1) is 11.8 Å². The molecule has 0 bridgehead atoms. The molecule has 0 aromatic carbocycles. The lowest BCUT2D eigenvalue weighted by molar-refractivity contribution is 0.316. The first-order valence-electron chi connectivity index (χ1n) is 4.08. The van der Waals surface area contributed by atoms with Gasteiger partial charge in [0.25, 0.3) is 0 Å². The Labute approximate surface area is 74.6 Å². The Kier molecular flexibility index (Phi) is 4.00. The van der Waals surface area contributed by atoms with Crippen LogP contribution >= 0.6 is 25.3 Å². The van der Waals surface area contributed by atoms with Gasteiger partial charge in [0.1, 0.15) is 0 Å². The van der Waals surface area contributed by atoms with Crippen LogP contribution < -0.4 is 0 Å². The van der Waals surface area contributed by atoms with Crippen molar-refractivity contribution in [2.45, 2.75) is 25.7 Å². The lowest BCUT2D eigenvalue weighted by Crippen LogP contribution is -2.16. The zero-order valence-corrected chi connectivity index (χ0v) is 8.08. The Morgan fingerprint density at radius 3 is 1.30 bits per heavy atom. The van der Waals surface area contributed by atoms with Gasteiger partial charge in [0.15, 0.2) is 0 Å². The molecule has 1 aliphatic rings. The summed E-state index contributed by atoms with van der Waals surface area (Å²) < 4.78 is 0. The fraction of sp³-hybridized carbons (Fsp3) is 1.00. The molecule has 0 amide bonds. The Bertz CT molecular complexity index is 73.3. The van der Waals surface area contributed by atoms with Crippen molar-refractivity contribution in [3.63, 3.8) is 0 Å². The normalized spacial score (nSPS) is 34.2. The molecule has 0 aromatic heterocycles. The Morgan fingerprint density at radius 1 is 0.800 bits per heavy atom. The van der Waals surface area contributed by atoms with Crippen molar-refractivity contribution in [3.05, 3.63) is 0 Å².